The average molecular weight is 267 g/mol. The van der Waals surface area contributed by atoms with E-state index >= 15 is 0 Å². The van der Waals surface area contributed by atoms with Crippen LogP contribution in [0.2, 0.25) is 10.2 Å². The molecule has 86 valence electrons. The fourth-order valence-corrected chi connectivity index (χ4v) is 2.08. The first-order valence-electron chi connectivity index (χ1n) is 4.81. The van der Waals surface area contributed by atoms with E-state index in [4.69, 9.17) is 28.9 Å². The molecule has 0 saturated heterocycles. The van der Waals surface area contributed by atoms with Crippen LogP contribution in [0.25, 0.3) is 11.3 Å². The monoisotopic (exact) mass is 266 g/mol. The number of carbonyl (C=O) groups excluding carboxylic acids is 1. The van der Waals surface area contributed by atoms with Crippen molar-refractivity contribution in [3.8, 4) is 11.3 Å². The van der Waals surface area contributed by atoms with E-state index in [1.54, 1.807) is 6.07 Å². The SMILES string of the molecule is NC(=O)c1c(Cl)cc(-c2ccccc2)nc1Cl. The van der Waals surface area contributed by atoms with Crippen molar-refractivity contribution in [2.75, 3.05) is 0 Å². The predicted octanol–water partition coefficient (Wildman–Crippen LogP) is 3.15. The topological polar surface area (TPSA) is 56.0 Å². The van der Waals surface area contributed by atoms with E-state index in [2.05, 4.69) is 4.98 Å². The van der Waals surface area contributed by atoms with Crippen LogP contribution in [0.4, 0.5) is 0 Å². The minimum atomic E-state index is -0.688. The first-order chi connectivity index (χ1) is 8.09. The number of pyridine rings is 1. The fraction of sp³-hybridized carbons (Fsp3) is 0. The Hall–Kier alpha value is -1.58. The molecule has 0 aliphatic heterocycles. The lowest BCUT2D eigenvalue weighted by Gasteiger charge is -2.06. The number of halogens is 2. The van der Waals surface area contributed by atoms with Gasteiger partial charge in [0, 0.05) is 5.56 Å². The number of rotatable bonds is 2. The summed E-state index contributed by atoms with van der Waals surface area (Å²) in [6.07, 6.45) is 0. The van der Waals surface area contributed by atoms with E-state index in [9.17, 15) is 4.79 Å². The molecule has 5 heteroatoms. The molecule has 1 amide bonds. The zero-order valence-corrected chi connectivity index (χ0v) is 10.2. The summed E-state index contributed by atoms with van der Waals surface area (Å²) in [6, 6.07) is 11.0. The van der Waals surface area contributed by atoms with Crippen LogP contribution in [0.3, 0.4) is 0 Å². The van der Waals surface area contributed by atoms with Gasteiger partial charge in [-0.1, -0.05) is 53.5 Å². The second-order valence-corrected chi connectivity index (χ2v) is 4.15. The highest BCUT2D eigenvalue weighted by molar-refractivity contribution is 6.39. The molecule has 0 aliphatic carbocycles. The Balaban J connectivity index is 2.57. The van der Waals surface area contributed by atoms with Gasteiger partial charge in [-0.25, -0.2) is 4.98 Å². The lowest BCUT2D eigenvalue weighted by atomic mass is 10.1. The summed E-state index contributed by atoms with van der Waals surface area (Å²) in [5, 5.41) is 0.222. The number of hydrogen-bond acceptors (Lipinski definition) is 2. The van der Waals surface area contributed by atoms with Crippen LogP contribution in [0.5, 0.6) is 0 Å². The van der Waals surface area contributed by atoms with Crippen molar-refractivity contribution in [1.82, 2.24) is 4.98 Å². The molecule has 0 bridgehead atoms. The summed E-state index contributed by atoms with van der Waals surface area (Å²) in [4.78, 5) is 15.2. The maximum Gasteiger partial charge on any atom is 0.253 e. The second-order valence-electron chi connectivity index (χ2n) is 3.39. The van der Waals surface area contributed by atoms with Crippen molar-refractivity contribution in [2.24, 2.45) is 5.73 Å². The molecular weight excluding hydrogens is 259 g/mol. The molecule has 1 aromatic heterocycles. The summed E-state index contributed by atoms with van der Waals surface area (Å²) in [6.45, 7) is 0. The van der Waals surface area contributed by atoms with Gasteiger partial charge in [-0.3, -0.25) is 4.79 Å². The summed E-state index contributed by atoms with van der Waals surface area (Å²) >= 11 is 11.8. The van der Waals surface area contributed by atoms with Crippen LogP contribution in [0.15, 0.2) is 36.4 Å². The molecule has 3 nitrogen and oxygen atoms in total. The van der Waals surface area contributed by atoms with Crippen LogP contribution < -0.4 is 5.73 Å². The highest BCUT2D eigenvalue weighted by atomic mass is 35.5. The average Bonchev–Trinajstić information content (AvgIpc) is 2.28. The first kappa shape index (κ1) is 11.9. The Bertz CT molecular complexity index is 547. The lowest BCUT2D eigenvalue weighted by molar-refractivity contribution is 0.100. The second kappa shape index (κ2) is 4.73. The summed E-state index contributed by atoms with van der Waals surface area (Å²) < 4.78 is 0. The van der Waals surface area contributed by atoms with Crippen molar-refractivity contribution >= 4 is 29.1 Å². The molecule has 1 heterocycles. The van der Waals surface area contributed by atoms with Gasteiger partial charge in [0.05, 0.1) is 16.3 Å². The van der Waals surface area contributed by atoms with E-state index in [1.807, 2.05) is 30.3 Å². The van der Waals surface area contributed by atoms with E-state index < -0.39 is 5.91 Å². The molecule has 2 rings (SSSR count). The maximum atomic E-state index is 11.1. The van der Waals surface area contributed by atoms with Crippen molar-refractivity contribution in [3.63, 3.8) is 0 Å². The van der Waals surface area contributed by atoms with Crippen LogP contribution in [0, 0.1) is 0 Å². The van der Waals surface area contributed by atoms with Crippen LogP contribution in [-0.4, -0.2) is 10.9 Å². The number of carbonyl (C=O) groups is 1. The molecule has 0 spiro atoms. The van der Waals surface area contributed by atoms with Crippen LogP contribution >= 0.6 is 23.2 Å². The van der Waals surface area contributed by atoms with E-state index in [0.29, 0.717) is 5.69 Å². The number of nitrogens with two attached hydrogens (primary N) is 1. The number of primary amides is 1. The molecule has 0 saturated carbocycles. The van der Waals surface area contributed by atoms with Gasteiger partial charge in [-0.15, -0.1) is 0 Å². The molecule has 2 aromatic rings. The zero-order chi connectivity index (χ0) is 12.4. The van der Waals surface area contributed by atoms with Gasteiger partial charge in [0.1, 0.15) is 5.15 Å². The lowest BCUT2D eigenvalue weighted by Crippen LogP contribution is -2.13. The van der Waals surface area contributed by atoms with Gasteiger partial charge < -0.3 is 5.73 Å². The van der Waals surface area contributed by atoms with Crippen LogP contribution in [0.1, 0.15) is 10.4 Å². The molecule has 0 atom stereocenters. The standard InChI is InChI=1S/C12H8Cl2N2O/c13-8-6-9(7-4-2-1-3-5-7)16-11(14)10(8)12(15)17/h1-6H,(H2,15,17). The molecule has 0 unspecified atom stereocenters. The first-order valence-corrected chi connectivity index (χ1v) is 5.56. The highest BCUT2D eigenvalue weighted by Crippen LogP contribution is 2.28. The Morgan fingerprint density at radius 3 is 2.35 bits per heavy atom. The maximum absolute atomic E-state index is 11.1. The zero-order valence-electron chi connectivity index (χ0n) is 8.65. The number of aromatic nitrogens is 1. The van der Waals surface area contributed by atoms with Crippen molar-refractivity contribution in [2.45, 2.75) is 0 Å². The molecule has 0 radical (unpaired) electrons. The van der Waals surface area contributed by atoms with E-state index in [1.165, 1.54) is 0 Å². The highest BCUT2D eigenvalue weighted by Gasteiger charge is 2.15. The smallest absolute Gasteiger partial charge is 0.253 e. The normalized spacial score (nSPS) is 10.2. The molecule has 17 heavy (non-hydrogen) atoms. The van der Waals surface area contributed by atoms with Gasteiger partial charge in [-0.2, -0.15) is 0 Å². The van der Waals surface area contributed by atoms with Crippen molar-refractivity contribution in [1.29, 1.82) is 0 Å². The fourth-order valence-electron chi connectivity index (χ4n) is 1.46. The van der Waals surface area contributed by atoms with Gasteiger partial charge in [0.25, 0.3) is 5.91 Å². The predicted molar refractivity (Wildman–Crippen MR) is 68.2 cm³/mol. The number of benzene rings is 1. The molecular formula is C12H8Cl2N2O. The van der Waals surface area contributed by atoms with Gasteiger partial charge >= 0.3 is 0 Å². The largest absolute Gasteiger partial charge is 0.365 e. The van der Waals surface area contributed by atoms with E-state index in [0.717, 1.165) is 5.56 Å². The van der Waals surface area contributed by atoms with E-state index in [-0.39, 0.29) is 15.7 Å². The number of hydrogen-bond donors (Lipinski definition) is 1. The van der Waals surface area contributed by atoms with Crippen LogP contribution in [-0.2, 0) is 0 Å². The third-order valence-electron chi connectivity index (χ3n) is 2.24. The van der Waals surface area contributed by atoms with Crippen molar-refractivity contribution in [3.05, 3.63) is 52.1 Å². The molecule has 0 fully saturated rings. The Morgan fingerprint density at radius 1 is 1.18 bits per heavy atom. The third-order valence-corrected chi connectivity index (χ3v) is 2.81. The molecule has 0 aliphatic rings. The summed E-state index contributed by atoms with van der Waals surface area (Å²) in [5.74, 6) is -0.688. The minimum Gasteiger partial charge on any atom is -0.365 e. The number of nitrogens with zero attached hydrogens (tertiary/aromatic N) is 1. The van der Waals surface area contributed by atoms with Gasteiger partial charge in [-0.05, 0) is 6.07 Å². The summed E-state index contributed by atoms with van der Waals surface area (Å²) in [7, 11) is 0. The summed E-state index contributed by atoms with van der Waals surface area (Å²) in [5.41, 5.74) is 6.68. The van der Waals surface area contributed by atoms with Gasteiger partial charge in [0.15, 0.2) is 0 Å². The molecule has 2 N–H and O–H groups in total. The third kappa shape index (κ3) is 2.40. The number of amides is 1. The Kier molecular flexibility index (Phi) is 3.31. The van der Waals surface area contributed by atoms with Gasteiger partial charge in [0.2, 0.25) is 0 Å². The van der Waals surface area contributed by atoms with Crippen molar-refractivity contribution < 1.29 is 4.79 Å². The Labute approximate surface area is 108 Å². The molecule has 1 aromatic carbocycles. The minimum absolute atomic E-state index is 0.0175. The Morgan fingerprint density at radius 2 is 1.82 bits per heavy atom. The quantitative estimate of drug-likeness (QED) is 0.849.